The van der Waals surface area contributed by atoms with Crippen molar-refractivity contribution in [3.8, 4) is 11.8 Å². The average Bonchev–Trinajstić information content (AvgIpc) is 2.54. The molecule has 2 fully saturated rings. The van der Waals surface area contributed by atoms with Crippen LogP contribution in [0.15, 0.2) is 12.2 Å². The smallest absolute Gasteiger partial charge is 0.210 e. The molecule has 0 bridgehead atoms. The van der Waals surface area contributed by atoms with Crippen LogP contribution in [0.1, 0.15) is 71.1 Å². The highest BCUT2D eigenvalue weighted by molar-refractivity contribution is 5.18. The quantitative estimate of drug-likeness (QED) is 0.540. The van der Waals surface area contributed by atoms with E-state index in [-0.39, 0.29) is 5.92 Å². The van der Waals surface area contributed by atoms with Gasteiger partial charge in [0.2, 0.25) is 6.43 Å². The van der Waals surface area contributed by atoms with Gasteiger partial charge < -0.3 is 0 Å². The first kappa shape index (κ1) is 17.5. The van der Waals surface area contributed by atoms with Gasteiger partial charge in [0.15, 0.2) is 0 Å². The molecule has 0 aromatic rings. The average molecular weight is 308 g/mol. The Labute approximate surface area is 134 Å². The second-order valence-corrected chi connectivity index (χ2v) is 7.16. The molecule has 0 nitrogen and oxygen atoms in total. The summed E-state index contributed by atoms with van der Waals surface area (Å²) in [4.78, 5) is 0. The van der Waals surface area contributed by atoms with Crippen LogP contribution in [0.5, 0.6) is 0 Å². The molecule has 0 saturated heterocycles. The summed E-state index contributed by atoms with van der Waals surface area (Å²) < 4.78 is 25.2. The van der Waals surface area contributed by atoms with Gasteiger partial charge in [-0.25, -0.2) is 8.78 Å². The third kappa shape index (κ3) is 5.75. The second-order valence-electron chi connectivity index (χ2n) is 7.16. The second kappa shape index (κ2) is 9.33. The van der Waals surface area contributed by atoms with Crippen LogP contribution in [0, 0.1) is 35.5 Å². The Balaban J connectivity index is 1.66. The number of hydrogen-bond donors (Lipinski definition) is 0. The number of halogens is 2. The van der Waals surface area contributed by atoms with E-state index in [1.165, 1.54) is 38.5 Å². The normalized spacial score (nSPS) is 32.9. The molecule has 2 saturated carbocycles. The Morgan fingerprint density at radius 3 is 2.27 bits per heavy atom. The van der Waals surface area contributed by atoms with Gasteiger partial charge in [-0.2, -0.15) is 0 Å². The van der Waals surface area contributed by atoms with Crippen LogP contribution in [0.2, 0.25) is 0 Å². The van der Waals surface area contributed by atoms with Crippen molar-refractivity contribution in [1.29, 1.82) is 0 Å². The minimum absolute atomic E-state index is 0.333. The van der Waals surface area contributed by atoms with Gasteiger partial charge in [0, 0.05) is 11.8 Å². The van der Waals surface area contributed by atoms with Gasteiger partial charge in [0.25, 0.3) is 0 Å². The lowest BCUT2D eigenvalue weighted by Crippen LogP contribution is -2.19. The largest absolute Gasteiger partial charge is 0.241 e. The number of rotatable bonds is 4. The maximum atomic E-state index is 12.6. The fraction of sp³-hybridized carbons (Fsp3) is 0.800. The molecule has 0 atom stereocenters. The highest BCUT2D eigenvalue weighted by atomic mass is 19.3. The topological polar surface area (TPSA) is 0 Å². The standard InChI is InChI=1S/C20H30F2/c1-2-5-16-8-10-17(11-9-16)6-3-4-7-18-12-14-19(15-13-18)20(21)22/h3,6,16-20H,2,5,8-15H2,1H3. The van der Waals surface area contributed by atoms with Crippen molar-refractivity contribution in [3.63, 3.8) is 0 Å². The minimum atomic E-state index is -2.14. The highest BCUT2D eigenvalue weighted by Crippen LogP contribution is 2.33. The van der Waals surface area contributed by atoms with Gasteiger partial charge in [0.1, 0.15) is 0 Å². The maximum absolute atomic E-state index is 12.6. The third-order valence-corrected chi connectivity index (χ3v) is 5.46. The van der Waals surface area contributed by atoms with E-state index in [1.807, 2.05) is 6.08 Å². The number of alkyl halides is 2. The Morgan fingerprint density at radius 1 is 1.00 bits per heavy atom. The molecule has 0 aromatic carbocycles. The summed E-state index contributed by atoms with van der Waals surface area (Å²) in [5.41, 5.74) is 0. The monoisotopic (exact) mass is 308 g/mol. The van der Waals surface area contributed by atoms with Gasteiger partial charge in [-0.05, 0) is 69.3 Å². The first-order valence-electron chi connectivity index (χ1n) is 9.15. The third-order valence-electron chi connectivity index (χ3n) is 5.46. The molecule has 0 aliphatic heterocycles. The zero-order valence-corrected chi connectivity index (χ0v) is 13.9. The molecule has 0 amide bonds. The predicted molar refractivity (Wildman–Crippen MR) is 88.7 cm³/mol. The molecular weight excluding hydrogens is 278 g/mol. The van der Waals surface area contributed by atoms with Crippen molar-refractivity contribution in [2.45, 2.75) is 77.6 Å². The molecule has 2 rings (SSSR count). The zero-order valence-electron chi connectivity index (χ0n) is 13.9. The van der Waals surface area contributed by atoms with Crippen molar-refractivity contribution in [2.24, 2.45) is 23.7 Å². The van der Waals surface area contributed by atoms with Gasteiger partial charge >= 0.3 is 0 Å². The van der Waals surface area contributed by atoms with Crippen LogP contribution in [-0.4, -0.2) is 6.43 Å². The molecule has 0 aromatic heterocycles. The van der Waals surface area contributed by atoms with E-state index >= 15 is 0 Å². The number of allylic oxidation sites excluding steroid dienone is 2. The van der Waals surface area contributed by atoms with E-state index in [0.29, 0.717) is 24.7 Å². The van der Waals surface area contributed by atoms with Crippen molar-refractivity contribution in [3.05, 3.63) is 12.2 Å². The van der Waals surface area contributed by atoms with E-state index in [0.717, 1.165) is 18.8 Å². The summed E-state index contributed by atoms with van der Waals surface area (Å²) in [5, 5.41) is 0. The van der Waals surface area contributed by atoms with Gasteiger partial charge in [-0.1, -0.05) is 37.7 Å². The summed E-state index contributed by atoms with van der Waals surface area (Å²) >= 11 is 0. The summed E-state index contributed by atoms with van der Waals surface area (Å²) in [5.74, 6) is 8.04. The van der Waals surface area contributed by atoms with Crippen LogP contribution in [-0.2, 0) is 0 Å². The first-order chi connectivity index (χ1) is 10.7. The van der Waals surface area contributed by atoms with Crippen LogP contribution in [0.25, 0.3) is 0 Å². The fourth-order valence-electron chi connectivity index (χ4n) is 3.94. The van der Waals surface area contributed by atoms with Crippen LogP contribution in [0.3, 0.4) is 0 Å². The fourth-order valence-corrected chi connectivity index (χ4v) is 3.94. The molecule has 2 heteroatoms. The van der Waals surface area contributed by atoms with Gasteiger partial charge in [-0.3, -0.25) is 0 Å². The van der Waals surface area contributed by atoms with Crippen LogP contribution in [0.4, 0.5) is 8.78 Å². The molecule has 124 valence electrons. The molecule has 22 heavy (non-hydrogen) atoms. The van der Waals surface area contributed by atoms with E-state index in [9.17, 15) is 8.78 Å². The molecule has 0 N–H and O–H groups in total. The van der Waals surface area contributed by atoms with Crippen molar-refractivity contribution < 1.29 is 8.78 Å². The maximum Gasteiger partial charge on any atom is 0.241 e. The molecule has 0 unspecified atom stereocenters. The van der Waals surface area contributed by atoms with E-state index in [4.69, 9.17) is 0 Å². The molecule has 2 aliphatic carbocycles. The Bertz CT molecular complexity index is 386. The van der Waals surface area contributed by atoms with E-state index in [1.54, 1.807) is 0 Å². The Hall–Kier alpha value is -0.840. The summed E-state index contributed by atoms with van der Waals surface area (Å²) in [6, 6.07) is 0. The zero-order chi connectivity index (χ0) is 15.8. The molecule has 0 spiro atoms. The molecule has 0 heterocycles. The van der Waals surface area contributed by atoms with Crippen molar-refractivity contribution >= 4 is 0 Å². The van der Waals surface area contributed by atoms with Crippen LogP contribution >= 0.6 is 0 Å². The molecule has 0 radical (unpaired) electrons. The lowest BCUT2D eigenvalue weighted by Gasteiger charge is -2.26. The van der Waals surface area contributed by atoms with Crippen molar-refractivity contribution in [1.82, 2.24) is 0 Å². The van der Waals surface area contributed by atoms with Gasteiger partial charge in [-0.15, -0.1) is 0 Å². The summed E-state index contributed by atoms with van der Waals surface area (Å²) in [6.45, 7) is 2.27. The predicted octanol–water partition coefficient (Wildman–Crippen LogP) is 6.22. The Kier molecular flexibility index (Phi) is 7.43. The lowest BCUT2D eigenvalue weighted by atomic mass is 9.80. The lowest BCUT2D eigenvalue weighted by molar-refractivity contribution is 0.0513. The first-order valence-corrected chi connectivity index (χ1v) is 9.15. The summed E-state index contributed by atoms with van der Waals surface area (Å²) in [7, 11) is 0. The van der Waals surface area contributed by atoms with Crippen molar-refractivity contribution in [2.75, 3.05) is 0 Å². The molecular formula is C20H30F2. The van der Waals surface area contributed by atoms with E-state index in [2.05, 4.69) is 24.8 Å². The SMILES string of the molecule is CCCC1CCC(C=CC#CC2CCC(C(F)F)CC2)CC1. The minimum Gasteiger partial charge on any atom is -0.210 e. The molecule has 2 aliphatic rings. The number of hydrogen-bond acceptors (Lipinski definition) is 0. The van der Waals surface area contributed by atoms with Crippen LogP contribution < -0.4 is 0 Å². The Morgan fingerprint density at radius 2 is 1.68 bits per heavy atom. The van der Waals surface area contributed by atoms with Gasteiger partial charge in [0.05, 0.1) is 0 Å². The summed E-state index contributed by atoms with van der Waals surface area (Å²) in [6.07, 6.45) is 13.2. The van der Waals surface area contributed by atoms with E-state index < -0.39 is 6.43 Å². The highest BCUT2D eigenvalue weighted by Gasteiger charge is 2.26.